The van der Waals surface area contributed by atoms with Crippen molar-refractivity contribution in [3.8, 4) is 0 Å². The molecule has 6 atom stereocenters. The molecule has 5 fully saturated rings. The number of hydrogen-bond donors (Lipinski definition) is 0. The van der Waals surface area contributed by atoms with Crippen molar-refractivity contribution >= 4 is 39.9 Å². The third-order valence-corrected chi connectivity index (χ3v) is 12.5. The Morgan fingerprint density at radius 3 is 1.10 bits per heavy atom. The van der Waals surface area contributed by atoms with Crippen LogP contribution in [0.2, 0.25) is 0 Å². The SMILES string of the molecule is CC(C)C1CCCC(C(C)C)C1N=C1C(=NC2C(C(C)C)CCCC2C(C)C)C2CCCC3CCCC1C32.[Br][Ni][Br]. The average Bonchev–Trinajstić information content (AvgIpc) is 3.22. The summed E-state index contributed by atoms with van der Waals surface area (Å²) >= 11 is 6.00. The first-order valence-corrected chi connectivity index (χ1v) is 22.5. The van der Waals surface area contributed by atoms with Crippen molar-refractivity contribution in [1.29, 1.82) is 0 Å². The number of halogens is 2. The van der Waals surface area contributed by atoms with E-state index in [2.05, 4.69) is 83.8 Å². The second-order valence-corrected chi connectivity index (χ2v) is 20.9. The molecule has 5 saturated carbocycles. The van der Waals surface area contributed by atoms with E-state index in [0.29, 0.717) is 23.9 Å². The minimum absolute atomic E-state index is 0.512. The van der Waals surface area contributed by atoms with Crippen LogP contribution in [0.25, 0.3) is 0 Å². The van der Waals surface area contributed by atoms with E-state index < -0.39 is 0 Å². The van der Waals surface area contributed by atoms with Crippen molar-refractivity contribution in [2.24, 2.45) is 81.0 Å². The van der Waals surface area contributed by atoms with Gasteiger partial charge in [-0.25, -0.2) is 0 Å². The molecule has 0 heterocycles. The zero-order chi connectivity index (χ0) is 29.8. The summed E-state index contributed by atoms with van der Waals surface area (Å²) in [7, 11) is 1.25. The molecule has 2 nitrogen and oxygen atoms in total. The van der Waals surface area contributed by atoms with Gasteiger partial charge < -0.3 is 0 Å². The normalized spacial score (nSPS) is 41.4. The molecule has 0 bridgehead atoms. The van der Waals surface area contributed by atoms with Gasteiger partial charge in [-0.3, -0.25) is 9.98 Å². The summed E-state index contributed by atoms with van der Waals surface area (Å²) in [4.78, 5) is 12.1. The van der Waals surface area contributed by atoms with Gasteiger partial charge in [0.2, 0.25) is 0 Å². The Morgan fingerprint density at radius 2 is 0.805 bits per heavy atom. The minimum atomic E-state index is 0.512. The number of hydrogen-bond acceptors (Lipinski definition) is 2. The standard InChI is InChI=1S/C36H62N2.2BrH.Ni/c1-21(2)26-15-11-16-27(22(3)4)33(26)37-35-30-19-9-13-25-14-10-20-31(32(25)30)36(35)38-34-28(23(5)6)17-12-18-29(34)24(7)8;;;/h21-34H,9-20H2,1-8H3;2*1H;/q;;;+2/p-2. The fourth-order valence-electron chi connectivity index (χ4n) is 10.5. The first-order valence-electron chi connectivity index (χ1n) is 17.6. The van der Waals surface area contributed by atoms with Crippen molar-refractivity contribution in [2.75, 3.05) is 0 Å². The van der Waals surface area contributed by atoms with E-state index in [1.807, 2.05) is 0 Å². The summed E-state index contributed by atoms with van der Waals surface area (Å²) in [5, 5.41) is 0. The number of aliphatic imine (C=N–C) groups is 2. The summed E-state index contributed by atoms with van der Waals surface area (Å²) in [6.07, 6.45) is 16.9. The second kappa shape index (κ2) is 15.9. The summed E-state index contributed by atoms with van der Waals surface area (Å²) in [5.41, 5.74) is 3.12. The molecule has 5 aliphatic rings. The van der Waals surface area contributed by atoms with E-state index in [-0.39, 0.29) is 0 Å². The van der Waals surface area contributed by atoms with Crippen LogP contribution in [0, 0.1) is 71.0 Å². The van der Waals surface area contributed by atoms with Crippen LogP contribution in [-0.2, 0) is 10.9 Å². The van der Waals surface area contributed by atoms with E-state index in [0.717, 1.165) is 59.2 Å². The van der Waals surface area contributed by atoms with Gasteiger partial charge in [0.1, 0.15) is 0 Å². The predicted octanol–water partition coefficient (Wildman–Crippen LogP) is 11.6. The van der Waals surface area contributed by atoms with Crippen molar-refractivity contribution in [3.05, 3.63) is 0 Å². The Bertz CT molecular complexity index is 783. The number of nitrogens with zero attached hydrogens (tertiary/aromatic N) is 2. The van der Waals surface area contributed by atoms with Gasteiger partial charge in [0, 0.05) is 11.8 Å². The molecule has 0 N–H and O–H groups in total. The van der Waals surface area contributed by atoms with Crippen molar-refractivity contribution < 1.29 is 10.9 Å². The van der Waals surface area contributed by atoms with E-state index in [4.69, 9.17) is 9.98 Å². The van der Waals surface area contributed by atoms with Crippen molar-refractivity contribution in [2.45, 2.75) is 145 Å². The van der Waals surface area contributed by atoms with E-state index in [1.54, 1.807) is 11.4 Å². The van der Waals surface area contributed by atoms with Gasteiger partial charge in [-0.1, -0.05) is 93.9 Å². The van der Waals surface area contributed by atoms with Crippen molar-refractivity contribution in [3.63, 3.8) is 0 Å². The van der Waals surface area contributed by atoms with Crippen LogP contribution in [0.4, 0.5) is 0 Å². The molecule has 0 aromatic carbocycles. The first kappa shape index (κ1) is 34.7. The van der Waals surface area contributed by atoms with E-state index in [9.17, 15) is 0 Å². The molecule has 5 heteroatoms. The third kappa shape index (κ3) is 7.79. The molecule has 0 amide bonds. The molecule has 0 saturated heterocycles. The Hall–Kier alpha value is 0.794. The van der Waals surface area contributed by atoms with Crippen LogP contribution in [0.1, 0.15) is 132 Å². The van der Waals surface area contributed by atoms with Crippen LogP contribution in [0.5, 0.6) is 0 Å². The van der Waals surface area contributed by atoms with Gasteiger partial charge in [0.15, 0.2) is 0 Å². The summed E-state index contributed by atoms with van der Waals surface area (Å²) in [6, 6.07) is 1.02. The molecule has 5 aliphatic carbocycles. The van der Waals surface area contributed by atoms with Crippen molar-refractivity contribution in [1.82, 2.24) is 0 Å². The maximum absolute atomic E-state index is 6.06. The topological polar surface area (TPSA) is 24.7 Å². The van der Waals surface area contributed by atoms with Crippen LogP contribution in [0.3, 0.4) is 0 Å². The molecule has 41 heavy (non-hydrogen) atoms. The van der Waals surface area contributed by atoms with Gasteiger partial charge in [-0.15, -0.1) is 0 Å². The fourth-order valence-corrected chi connectivity index (χ4v) is 10.5. The predicted molar refractivity (Wildman–Crippen MR) is 183 cm³/mol. The zero-order valence-corrected chi connectivity index (χ0v) is 31.7. The Balaban J connectivity index is 0.00000124. The Labute approximate surface area is 274 Å². The Kier molecular flexibility index (Phi) is 13.4. The monoisotopic (exact) mass is 738 g/mol. The van der Waals surface area contributed by atoms with E-state index >= 15 is 0 Å². The molecule has 0 aromatic rings. The first-order chi connectivity index (χ1) is 19.6. The summed E-state index contributed by atoms with van der Waals surface area (Å²) in [5.74, 6) is 9.08. The van der Waals surface area contributed by atoms with Crippen LogP contribution in [-0.4, -0.2) is 23.5 Å². The molecule has 6 unspecified atom stereocenters. The van der Waals surface area contributed by atoms with Gasteiger partial charge in [-0.05, 0) is 97.7 Å². The molecule has 5 rings (SSSR count). The van der Waals surface area contributed by atoms with Gasteiger partial charge >= 0.3 is 39.3 Å². The maximum atomic E-state index is 6.06. The van der Waals surface area contributed by atoms with Crippen LogP contribution in [0.15, 0.2) is 9.98 Å². The van der Waals surface area contributed by atoms with Gasteiger partial charge in [0.05, 0.1) is 23.5 Å². The molecule has 0 radical (unpaired) electrons. The van der Waals surface area contributed by atoms with E-state index in [1.165, 1.54) is 87.9 Å². The molecule has 0 spiro atoms. The van der Waals surface area contributed by atoms with Gasteiger partial charge in [0.25, 0.3) is 0 Å². The average molecular weight is 741 g/mol. The quantitative estimate of drug-likeness (QED) is 0.242. The van der Waals surface area contributed by atoms with Crippen LogP contribution < -0.4 is 0 Å². The van der Waals surface area contributed by atoms with Crippen LogP contribution >= 0.6 is 28.5 Å². The second-order valence-electron chi connectivity index (χ2n) is 16.0. The fraction of sp³-hybridized carbons (Fsp3) is 0.944. The number of rotatable bonds is 6. The summed E-state index contributed by atoms with van der Waals surface area (Å²) in [6.45, 7) is 19.8. The molecule has 240 valence electrons. The van der Waals surface area contributed by atoms with Gasteiger partial charge in [-0.2, -0.15) is 0 Å². The zero-order valence-electron chi connectivity index (χ0n) is 27.5. The molecular formula is C36H62Br2N2Ni. The third-order valence-electron chi connectivity index (χ3n) is 12.5. The molecular weight excluding hydrogens is 679 g/mol. The molecule has 0 aromatic heterocycles. The molecule has 0 aliphatic heterocycles. The Morgan fingerprint density at radius 1 is 0.512 bits per heavy atom. The summed E-state index contributed by atoms with van der Waals surface area (Å²) < 4.78 is 0.